The molecular weight excluding hydrogens is 346 g/mol. The van der Waals surface area contributed by atoms with Crippen LogP contribution in [0.3, 0.4) is 0 Å². The number of urea groups is 1. The monoisotopic (exact) mass is 372 g/mol. The van der Waals surface area contributed by atoms with Crippen molar-refractivity contribution in [3.8, 4) is 11.5 Å². The molecule has 0 radical (unpaired) electrons. The minimum Gasteiger partial charge on any atom is -0.493 e. The van der Waals surface area contributed by atoms with E-state index in [9.17, 15) is 9.59 Å². The predicted molar refractivity (Wildman–Crippen MR) is 102 cm³/mol. The molecule has 0 aliphatic heterocycles. The third-order valence-electron chi connectivity index (χ3n) is 4.28. The van der Waals surface area contributed by atoms with Crippen molar-refractivity contribution >= 4 is 11.9 Å². The zero-order chi connectivity index (χ0) is 19.8. The van der Waals surface area contributed by atoms with E-state index < -0.39 is 12.1 Å². The van der Waals surface area contributed by atoms with Crippen molar-refractivity contribution in [3.05, 3.63) is 59.7 Å². The number of hydrogen-bond acceptors (Lipinski definition) is 4. The van der Waals surface area contributed by atoms with Gasteiger partial charge in [-0.1, -0.05) is 30.3 Å². The first kappa shape index (κ1) is 20.3. The average molecular weight is 372 g/mol. The summed E-state index contributed by atoms with van der Waals surface area (Å²) in [6.07, 6.45) is 0. The fraction of sp³-hybridized carbons (Fsp3) is 0.300. The van der Waals surface area contributed by atoms with Gasteiger partial charge in [-0.05, 0) is 18.2 Å². The van der Waals surface area contributed by atoms with Gasteiger partial charge >= 0.3 is 6.03 Å². The Morgan fingerprint density at radius 1 is 1.04 bits per heavy atom. The number of imide groups is 1. The number of likely N-dealkylation sites (N-methyl/N-ethyl adjacent to an activating group) is 1. The van der Waals surface area contributed by atoms with E-state index in [0.29, 0.717) is 18.0 Å². The van der Waals surface area contributed by atoms with Crippen LogP contribution in [0.5, 0.6) is 11.5 Å². The van der Waals surface area contributed by atoms with Crippen molar-refractivity contribution in [1.29, 1.82) is 0 Å². The predicted octanol–water partition coefficient (Wildman–Crippen LogP) is 0.915. The second-order valence-electron chi connectivity index (χ2n) is 6.12. The lowest BCUT2D eigenvalue weighted by atomic mass is 10.0. The first-order chi connectivity index (χ1) is 13.0. The molecule has 0 heterocycles. The average Bonchev–Trinajstić information content (AvgIpc) is 2.68. The standard InChI is InChI=1S/C20H25N3O4/c1-21-20(25)22-19(24)18(15-8-6-5-7-9-15)23(2)13-14-10-11-16(26-3)17(12-14)27-4/h5-12,18H,13H2,1-4H3,(H2,21,22,24,25)/p+1/t18-/m0/s1. The molecule has 7 heteroatoms. The molecule has 2 aromatic rings. The Morgan fingerprint density at radius 2 is 1.70 bits per heavy atom. The summed E-state index contributed by atoms with van der Waals surface area (Å²) >= 11 is 0. The second-order valence-corrected chi connectivity index (χ2v) is 6.12. The number of carbonyl (C=O) groups excluding carboxylic acids is 2. The summed E-state index contributed by atoms with van der Waals surface area (Å²) in [6.45, 7) is 0.557. The maximum absolute atomic E-state index is 12.7. The lowest BCUT2D eigenvalue weighted by molar-refractivity contribution is -0.916. The molecule has 1 unspecified atom stereocenters. The summed E-state index contributed by atoms with van der Waals surface area (Å²) in [6, 6.07) is 14.0. The Kier molecular flexibility index (Phi) is 7.19. The van der Waals surface area contributed by atoms with Gasteiger partial charge in [0.2, 0.25) is 0 Å². The SMILES string of the molecule is CNC(=O)NC(=O)[C@H](c1ccccc1)[NH+](C)Cc1ccc(OC)c(OC)c1. The molecule has 0 spiro atoms. The number of amides is 3. The highest BCUT2D eigenvalue weighted by molar-refractivity contribution is 5.96. The van der Waals surface area contributed by atoms with Crippen LogP contribution in [-0.2, 0) is 11.3 Å². The number of benzene rings is 2. The van der Waals surface area contributed by atoms with E-state index >= 15 is 0 Å². The van der Waals surface area contributed by atoms with Gasteiger partial charge in [-0.2, -0.15) is 0 Å². The fourth-order valence-electron chi connectivity index (χ4n) is 2.97. The Morgan fingerprint density at radius 3 is 2.30 bits per heavy atom. The lowest BCUT2D eigenvalue weighted by Crippen LogP contribution is -3.09. The molecule has 0 aliphatic rings. The Bertz CT molecular complexity index is 780. The summed E-state index contributed by atoms with van der Waals surface area (Å²) in [7, 11) is 6.56. The van der Waals surface area contributed by atoms with E-state index in [0.717, 1.165) is 16.0 Å². The van der Waals surface area contributed by atoms with Crippen molar-refractivity contribution in [2.75, 3.05) is 28.3 Å². The van der Waals surface area contributed by atoms with Crippen molar-refractivity contribution in [2.45, 2.75) is 12.6 Å². The Labute approximate surface area is 159 Å². The van der Waals surface area contributed by atoms with E-state index in [1.165, 1.54) is 7.05 Å². The normalized spacial score (nSPS) is 12.6. The highest BCUT2D eigenvalue weighted by atomic mass is 16.5. The number of quaternary nitrogens is 1. The van der Waals surface area contributed by atoms with Crippen molar-refractivity contribution in [1.82, 2.24) is 10.6 Å². The number of rotatable bonds is 7. The Balaban J connectivity index is 2.27. The van der Waals surface area contributed by atoms with Gasteiger partial charge < -0.3 is 19.7 Å². The Hall–Kier alpha value is -3.06. The van der Waals surface area contributed by atoms with E-state index in [4.69, 9.17) is 9.47 Å². The summed E-state index contributed by atoms with van der Waals surface area (Å²) in [5.41, 5.74) is 1.82. The van der Waals surface area contributed by atoms with Crippen molar-refractivity contribution < 1.29 is 24.0 Å². The molecular formula is C20H26N3O4+. The van der Waals surface area contributed by atoms with Crippen molar-refractivity contribution in [2.24, 2.45) is 0 Å². The van der Waals surface area contributed by atoms with Gasteiger partial charge in [-0.15, -0.1) is 0 Å². The van der Waals surface area contributed by atoms with Crippen LogP contribution in [0.15, 0.2) is 48.5 Å². The molecule has 2 rings (SSSR count). The van der Waals surface area contributed by atoms with E-state index in [2.05, 4.69) is 10.6 Å². The van der Waals surface area contributed by atoms with Crippen LogP contribution in [0, 0.1) is 0 Å². The third-order valence-corrected chi connectivity index (χ3v) is 4.28. The molecule has 3 N–H and O–H groups in total. The van der Waals surface area contributed by atoms with E-state index in [-0.39, 0.29) is 5.91 Å². The van der Waals surface area contributed by atoms with Gasteiger partial charge in [0, 0.05) is 18.2 Å². The topological polar surface area (TPSA) is 81.1 Å². The number of methoxy groups -OCH3 is 2. The van der Waals surface area contributed by atoms with Gasteiger partial charge in [0.25, 0.3) is 5.91 Å². The maximum Gasteiger partial charge on any atom is 0.321 e. The van der Waals surface area contributed by atoms with Crippen LogP contribution < -0.4 is 25.0 Å². The van der Waals surface area contributed by atoms with Crippen LogP contribution in [-0.4, -0.2) is 40.3 Å². The van der Waals surface area contributed by atoms with Crippen LogP contribution in [0.1, 0.15) is 17.2 Å². The number of nitrogens with one attached hydrogen (secondary N) is 3. The summed E-state index contributed by atoms with van der Waals surface area (Å²) in [4.78, 5) is 25.3. The maximum atomic E-state index is 12.7. The summed E-state index contributed by atoms with van der Waals surface area (Å²) < 4.78 is 10.6. The van der Waals surface area contributed by atoms with Crippen LogP contribution in [0.25, 0.3) is 0 Å². The van der Waals surface area contributed by atoms with E-state index in [1.54, 1.807) is 14.2 Å². The molecule has 2 atom stereocenters. The fourth-order valence-corrected chi connectivity index (χ4v) is 2.97. The smallest absolute Gasteiger partial charge is 0.321 e. The van der Waals surface area contributed by atoms with Gasteiger partial charge in [-0.25, -0.2) is 4.79 Å². The largest absolute Gasteiger partial charge is 0.493 e. The molecule has 27 heavy (non-hydrogen) atoms. The first-order valence-corrected chi connectivity index (χ1v) is 8.60. The minimum atomic E-state index is -0.545. The minimum absolute atomic E-state index is 0.362. The number of carbonyl (C=O) groups is 2. The first-order valence-electron chi connectivity index (χ1n) is 8.60. The van der Waals surface area contributed by atoms with Crippen LogP contribution in [0.4, 0.5) is 4.79 Å². The second kappa shape index (κ2) is 9.59. The molecule has 3 amide bonds. The highest BCUT2D eigenvalue weighted by Gasteiger charge is 2.30. The zero-order valence-corrected chi connectivity index (χ0v) is 16.0. The van der Waals surface area contributed by atoms with Gasteiger partial charge in [0.05, 0.1) is 21.3 Å². The molecule has 0 bridgehead atoms. The van der Waals surface area contributed by atoms with Gasteiger partial charge in [-0.3, -0.25) is 10.1 Å². The summed E-state index contributed by atoms with van der Waals surface area (Å²) in [5.74, 6) is 0.920. The molecule has 2 aromatic carbocycles. The molecule has 0 saturated carbocycles. The summed E-state index contributed by atoms with van der Waals surface area (Å²) in [5, 5.41) is 4.79. The third kappa shape index (κ3) is 5.21. The molecule has 0 fully saturated rings. The van der Waals surface area contributed by atoms with E-state index in [1.807, 2.05) is 55.6 Å². The number of ether oxygens (including phenoxy) is 2. The quantitative estimate of drug-likeness (QED) is 0.675. The highest BCUT2D eigenvalue weighted by Crippen LogP contribution is 2.27. The molecule has 144 valence electrons. The van der Waals surface area contributed by atoms with Crippen LogP contribution >= 0.6 is 0 Å². The lowest BCUT2D eigenvalue weighted by Gasteiger charge is -2.24. The molecule has 7 nitrogen and oxygen atoms in total. The molecule has 0 saturated heterocycles. The molecule has 0 aliphatic carbocycles. The van der Waals surface area contributed by atoms with Crippen LogP contribution in [0.2, 0.25) is 0 Å². The number of hydrogen-bond donors (Lipinski definition) is 3. The van der Waals surface area contributed by atoms with Gasteiger partial charge in [0.1, 0.15) is 6.54 Å². The van der Waals surface area contributed by atoms with Gasteiger partial charge in [0.15, 0.2) is 17.5 Å². The van der Waals surface area contributed by atoms with Crippen molar-refractivity contribution in [3.63, 3.8) is 0 Å². The molecule has 0 aromatic heterocycles. The zero-order valence-electron chi connectivity index (χ0n) is 16.0.